The molecule has 0 aromatic rings. The van der Waals surface area contributed by atoms with Crippen molar-refractivity contribution >= 4 is 7.75 Å². The third kappa shape index (κ3) is 5.06. The van der Waals surface area contributed by atoms with Gasteiger partial charge in [0, 0.05) is 13.1 Å². The van der Waals surface area contributed by atoms with Crippen LogP contribution in [0.4, 0.5) is 0 Å². The van der Waals surface area contributed by atoms with Gasteiger partial charge in [-0.1, -0.05) is 0 Å². The topological polar surface area (TPSA) is 79.2 Å². The van der Waals surface area contributed by atoms with E-state index in [1.807, 2.05) is 0 Å². The molecule has 0 spiro atoms. The quantitative estimate of drug-likeness (QED) is 0.571. The summed E-state index contributed by atoms with van der Waals surface area (Å²) < 4.78 is 23.6. The van der Waals surface area contributed by atoms with Crippen LogP contribution in [0.5, 0.6) is 0 Å². The lowest BCUT2D eigenvalue weighted by Gasteiger charge is -2.28. The van der Waals surface area contributed by atoms with E-state index in [1.54, 1.807) is 13.8 Å². The molecule has 0 rings (SSSR count). The van der Waals surface area contributed by atoms with Crippen LogP contribution in [0.15, 0.2) is 0 Å². The monoisotopic (exact) mass is 241 g/mol. The Labute approximate surface area is 90.4 Å². The van der Waals surface area contributed by atoms with Crippen molar-refractivity contribution in [2.45, 2.75) is 13.8 Å². The van der Waals surface area contributed by atoms with Crippen LogP contribution in [0.2, 0.25) is 0 Å². The van der Waals surface area contributed by atoms with E-state index in [0.717, 1.165) is 0 Å². The largest absolute Gasteiger partial charge is 0.408 e. The fourth-order valence-corrected chi connectivity index (χ4v) is 2.84. The van der Waals surface area contributed by atoms with E-state index < -0.39 is 7.75 Å². The molecule has 0 bridgehead atoms. The predicted molar refractivity (Wildman–Crippen MR) is 56.6 cm³/mol. The van der Waals surface area contributed by atoms with Crippen LogP contribution in [-0.2, 0) is 13.6 Å². The molecule has 0 aromatic heterocycles. The Morgan fingerprint density at radius 2 is 1.47 bits per heavy atom. The molecule has 6 nitrogen and oxygen atoms in total. The Balaban J connectivity index is 4.56. The molecule has 2 N–H and O–H groups in total. The normalized spacial score (nSPS) is 12.3. The number of nitrogens with zero attached hydrogens (tertiary/aromatic N) is 1. The van der Waals surface area contributed by atoms with Crippen LogP contribution in [-0.4, -0.2) is 54.4 Å². The number of aliphatic hydroxyl groups is 2. The van der Waals surface area contributed by atoms with Crippen LogP contribution < -0.4 is 0 Å². The zero-order valence-electron chi connectivity index (χ0n) is 9.26. The maximum absolute atomic E-state index is 12.2. The second-order valence-electron chi connectivity index (χ2n) is 2.70. The van der Waals surface area contributed by atoms with Crippen LogP contribution in [0, 0.1) is 0 Å². The van der Waals surface area contributed by atoms with E-state index in [2.05, 4.69) is 0 Å². The Kier molecular flexibility index (Phi) is 8.23. The van der Waals surface area contributed by atoms with Crippen molar-refractivity contribution in [2.24, 2.45) is 0 Å². The van der Waals surface area contributed by atoms with Crippen molar-refractivity contribution in [1.82, 2.24) is 4.67 Å². The summed E-state index contributed by atoms with van der Waals surface area (Å²) in [7, 11) is -3.35. The molecule has 7 heteroatoms. The van der Waals surface area contributed by atoms with Crippen LogP contribution >= 0.6 is 7.75 Å². The predicted octanol–water partition coefficient (Wildman–Crippen LogP) is 0.454. The summed E-state index contributed by atoms with van der Waals surface area (Å²) in [5.41, 5.74) is 0. The Morgan fingerprint density at radius 3 is 1.73 bits per heavy atom. The van der Waals surface area contributed by atoms with Crippen LogP contribution in [0.25, 0.3) is 0 Å². The second-order valence-corrected chi connectivity index (χ2v) is 4.72. The first-order chi connectivity index (χ1) is 7.14. The van der Waals surface area contributed by atoms with Crippen LogP contribution in [0.3, 0.4) is 0 Å². The van der Waals surface area contributed by atoms with Crippen molar-refractivity contribution in [2.75, 3.05) is 39.5 Å². The van der Waals surface area contributed by atoms with Crippen molar-refractivity contribution in [3.05, 3.63) is 0 Å². The summed E-state index contributed by atoms with van der Waals surface area (Å²) in [6.45, 7) is 3.91. The zero-order valence-corrected chi connectivity index (χ0v) is 10.2. The first-order valence-electron chi connectivity index (χ1n) is 5.00. The fraction of sp³-hybridized carbons (Fsp3) is 1.00. The summed E-state index contributed by atoms with van der Waals surface area (Å²) in [4.78, 5) is 0. The number of hydrogen-bond acceptors (Lipinski definition) is 5. The van der Waals surface area contributed by atoms with E-state index in [-0.39, 0.29) is 39.5 Å². The van der Waals surface area contributed by atoms with Gasteiger partial charge in [0.25, 0.3) is 0 Å². The van der Waals surface area contributed by atoms with Crippen molar-refractivity contribution in [3.8, 4) is 0 Å². The Bertz CT molecular complexity index is 185. The SMILES string of the molecule is CCOP(=O)(OCC)N(CCO)CCO. The number of hydrogen-bond donors (Lipinski definition) is 2. The van der Waals surface area contributed by atoms with Gasteiger partial charge in [-0.25, -0.2) is 9.24 Å². The Morgan fingerprint density at radius 1 is 1.07 bits per heavy atom. The molecule has 0 aliphatic carbocycles. The smallest absolute Gasteiger partial charge is 0.395 e. The molecule has 15 heavy (non-hydrogen) atoms. The summed E-state index contributed by atoms with van der Waals surface area (Å²) in [6, 6.07) is 0. The third-order valence-corrected chi connectivity index (χ3v) is 3.91. The van der Waals surface area contributed by atoms with Gasteiger partial charge in [-0.3, -0.25) is 9.05 Å². The molecule has 0 heterocycles. The standard InChI is InChI=1S/C8H20NO5P/c1-3-13-15(12,14-4-2)9(5-7-10)6-8-11/h10-11H,3-8H2,1-2H3. The number of rotatable bonds is 9. The van der Waals surface area contributed by atoms with E-state index in [4.69, 9.17) is 19.3 Å². The van der Waals surface area contributed by atoms with Gasteiger partial charge in [-0.05, 0) is 13.8 Å². The van der Waals surface area contributed by atoms with Crippen molar-refractivity contribution in [1.29, 1.82) is 0 Å². The van der Waals surface area contributed by atoms with E-state index in [1.165, 1.54) is 4.67 Å². The van der Waals surface area contributed by atoms with Crippen molar-refractivity contribution < 1.29 is 23.8 Å². The summed E-state index contributed by atoms with van der Waals surface area (Å²) in [6.07, 6.45) is 0. The highest BCUT2D eigenvalue weighted by molar-refractivity contribution is 7.51. The molecular weight excluding hydrogens is 221 g/mol. The molecule has 0 saturated carbocycles. The molecule has 0 atom stereocenters. The molecule has 92 valence electrons. The van der Waals surface area contributed by atoms with E-state index in [0.29, 0.717) is 0 Å². The minimum atomic E-state index is -3.35. The molecule has 0 radical (unpaired) electrons. The van der Waals surface area contributed by atoms with Gasteiger partial charge in [-0.15, -0.1) is 0 Å². The highest BCUT2D eigenvalue weighted by atomic mass is 31.2. The Hall–Kier alpha value is 0.0300. The molecule has 0 unspecified atom stereocenters. The number of aliphatic hydroxyl groups excluding tert-OH is 2. The highest BCUT2D eigenvalue weighted by Gasteiger charge is 2.31. The lowest BCUT2D eigenvalue weighted by molar-refractivity contribution is 0.139. The molecule has 0 aliphatic rings. The van der Waals surface area contributed by atoms with Gasteiger partial charge in [0.15, 0.2) is 0 Å². The zero-order chi connectivity index (χ0) is 11.7. The van der Waals surface area contributed by atoms with Crippen LogP contribution in [0.1, 0.15) is 13.8 Å². The third-order valence-electron chi connectivity index (χ3n) is 1.65. The summed E-state index contributed by atoms with van der Waals surface area (Å²) in [5, 5.41) is 17.6. The van der Waals surface area contributed by atoms with Gasteiger partial charge in [-0.2, -0.15) is 0 Å². The molecule has 0 aromatic carbocycles. The maximum atomic E-state index is 12.2. The molecule has 0 amide bonds. The highest BCUT2D eigenvalue weighted by Crippen LogP contribution is 2.51. The van der Waals surface area contributed by atoms with Gasteiger partial charge in [0.05, 0.1) is 26.4 Å². The average Bonchev–Trinajstić information content (AvgIpc) is 2.18. The molecular formula is C8H20NO5P. The molecule has 0 aliphatic heterocycles. The minimum absolute atomic E-state index is 0.151. The average molecular weight is 241 g/mol. The van der Waals surface area contributed by atoms with Gasteiger partial charge in [0.2, 0.25) is 0 Å². The lowest BCUT2D eigenvalue weighted by Crippen LogP contribution is -2.29. The van der Waals surface area contributed by atoms with Gasteiger partial charge in [0.1, 0.15) is 0 Å². The maximum Gasteiger partial charge on any atom is 0.408 e. The van der Waals surface area contributed by atoms with Crippen molar-refractivity contribution in [3.63, 3.8) is 0 Å². The molecule has 0 saturated heterocycles. The molecule has 0 fully saturated rings. The first kappa shape index (κ1) is 15.0. The summed E-state index contributed by atoms with van der Waals surface area (Å²) in [5.74, 6) is 0. The van der Waals surface area contributed by atoms with Gasteiger partial charge >= 0.3 is 7.75 Å². The van der Waals surface area contributed by atoms with E-state index in [9.17, 15) is 4.57 Å². The first-order valence-corrected chi connectivity index (χ1v) is 6.50. The van der Waals surface area contributed by atoms with Gasteiger partial charge < -0.3 is 10.2 Å². The summed E-state index contributed by atoms with van der Waals surface area (Å²) >= 11 is 0. The minimum Gasteiger partial charge on any atom is -0.395 e. The van der Waals surface area contributed by atoms with E-state index >= 15 is 0 Å². The lowest BCUT2D eigenvalue weighted by atomic mass is 10.6. The fourth-order valence-electron chi connectivity index (χ4n) is 1.11. The second kappa shape index (κ2) is 8.21.